The predicted octanol–water partition coefficient (Wildman–Crippen LogP) is 3.57. The highest BCUT2D eigenvalue weighted by Gasteiger charge is 2.06. The molecule has 0 atom stereocenters. The first-order valence-corrected chi connectivity index (χ1v) is 5.49. The Balaban J connectivity index is 2.49. The van der Waals surface area contributed by atoms with Crippen LogP contribution in [0, 0.1) is 6.92 Å². The molecule has 0 unspecified atom stereocenters. The van der Waals surface area contributed by atoms with Gasteiger partial charge in [0.05, 0.1) is 17.8 Å². The average molecular weight is 241 g/mol. The van der Waals surface area contributed by atoms with Crippen molar-refractivity contribution in [2.75, 3.05) is 0 Å². The SMILES string of the molecule is Cc1c(CCl)cnn1-c1cccc(Cl)c1. The van der Waals surface area contributed by atoms with Crippen LogP contribution >= 0.6 is 23.2 Å². The topological polar surface area (TPSA) is 17.8 Å². The fraction of sp³-hybridized carbons (Fsp3) is 0.182. The normalized spacial score (nSPS) is 10.6. The Morgan fingerprint density at radius 2 is 2.20 bits per heavy atom. The molecule has 0 aliphatic rings. The van der Waals surface area contributed by atoms with Gasteiger partial charge in [-0.05, 0) is 25.1 Å². The summed E-state index contributed by atoms with van der Waals surface area (Å²) in [7, 11) is 0. The lowest BCUT2D eigenvalue weighted by atomic mass is 10.3. The van der Waals surface area contributed by atoms with Gasteiger partial charge in [0, 0.05) is 16.3 Å². The summed E-state index contributed by atoms with van der Waals surface area (Å²) in [6, 6.07) is 7.58. The van der Waals surface area contributed by atoms with Gasteiger partial charge in [-0.2, -0.15) is 5.10 Å². The minimum atomic E-state index is 0.479. The number of halogens is 2. The van der Waals surface area contributed by atoms with E-state index in [1.807, 2.05) is 35.9 Å². The maximum absolute atomic E-state index is 5.92. The molecule has 2 rings (SSSR count). The molecule has 2 aromatic rings. The molecule has 1 aromatic heterocycles. The van der Waals surface area contributed by atoms with Crippen molar-refractivity contribution < 1.29 is 0 Å². The van der Waals surface area contributed by atoms with Crippen molar-refractivity contribution in [1.82, 2.24) is 9.78 Å². The highest BCUT2D eigenvalue weighted by atomic mass is 35.5. The molecule has 0 aliphatic heterocycles. The smallest absolute Gasteiger partial charge is 0.0663 e. The molecule has 0 saturated carbocycles. The third kappa shape index (κ3) is 2.01. The zero-order valence-corrected chi connectivity index (χ0v) is 9.76. The van der Waals surface area contributed by atoms with Gasteiger partial charge < -0.3 is 0 Å². The van der Waals surface area contributed by atoms with E-state index in [2.05, 4.69) is 5.10 Å². The van der Waals surface area contributed by atoms with Crippen LogP contribution < -0.4 is 0 Å². The van der Waals surface area contributed by atoms with E-state index in [9.17, 15) is 0 Å². The van der Waals surface area contributed by atoms with Gasteiger partial charge in [-0.3, -0.25) is 0 Å². The number of hydrogen-bond donors (Lipinski definition) is 0. The molecule has 0 bridgehead atoms. The highest BCUT2D eigenvalue weighted by Crippen LogP contribution is 2.18. The Morgan fingerprint density at radius 1 is 1.40 bits per heavy atom. The number of aromatic nitrogens is 2. The van der Waals surface area contributed by atoms with Crippen LogP contribution in [0.3, 0.4) is 0 Å². The summed E-state index contributed by atoms with van der Waals surface area (Å²) in [6.45, 7) is 1.99. The van der Waals surface area contributed by atoms with Gasteiger partial charge >= 0.3 is 0 Å². The summed E-state index contributed by atoms with van der Waals surface area (Å²) < 4.78 is 1.84. The van der Waals surface area contributed by atoms with Crippen LogP contribution in [0.4, 0.5) is 0 Å². The summed E-state index contributed by atoms with van der Waals surface area (Å²) in [5.74, 6) is 0.479. The summed E-state index contributed by atoms with van der Waals surface area (Å²) in [5.41, 5.74) is 3.04. The van der Waals surface area contributed by atoms with Crippen molar-refractivity contribution in [3.05, 3.63) is 46.7 Å². The first-order valence-electron chi connectivity index (χ1n) is 4.58. The van der Waals surface area contributed by atoms with Crippen molar-refractivity contribution in [3.8, 4) is 5.69 Å². The van der Waals surface area contributed by atoms with E-state index < -0.39 is 0 Å². The van der Waals surface area contributed by atoms with Gasteiger partial charge in [0.2, 0.25) is 0 Å². The molecule has 0 amide bonds. The minimum absolute atomic E-state index is 0.479. The standard InChI is InChI=1S/C11H10Cl2N2/c1-8-9(6-12)7-14-15(8)11-4-2-3-10(13)5-11/h2-5,7H,6H2,1H3. The zero-order valence-electron chi connectivity index (χ0n) is 8.24. The van der Waals surface area contributed by atoms with E-state index in [1.165, 1.54) is 0 Å². The lowest BCUT2D eigenvalue weighted by Crippen LogP contribution is -1.98. The van der Waals surface area contributed by atoms with Crippen LogP contribution in [0.25, 0.3) is 5.69 Å². The molecule has 2 nitrogen and oxygen atoms in total. The average Bonchev–Trinajstić information content (AvgIpc) is 2.59. The molecule has 15 heavy (non-hydrogen) atoms. The zero-order chi connectivity index (χ0) is 10.8. The summed E-state index contributed by atoms with van der Waals surface area (Å²) in [6.07, 6.45) is 1.78. The van der Waals surface area contributed by atoms with Crippen LogP contribution in [0.1, 0.15) is 11.3 Å². The molecule has 0 radical (unpaired) electrons. The lowest BCUT2D eigenvalue weighted by molar-refractivity contribution is 0.845. The Kier molecular flexibility index (Phi) is 2.98. The first-order chi connectivity index (χ1) is 7.22. The van der Waals surface area contributed by atoms with Gasteiger partial charge in [-0.1, -0.05) is 17.7 Å². The summed E-state index contributed by atoms with van der Waals surface area (Å²) >= 11 is 11.7. The largest absolute Gasteiger partial charge is 0.238 e. The van der Waals surface area contributed by atoms with E-state index in [0.717, 1.165) is 16.9 Å². The molecule has 4 heteroatoms. The molecular weight excluding hydrogens is 231 g/mol. The van der Waals surface area contributed by atoms with E-state index in [4.69, 9.17) is 23.2 Å². The molecule has 0 saturated heterocycles. The van der Waals surface area contributed by atoms with E-state index in [-0.39, 0.29) is 0 Å². The van der Waals surface area contributed by atoms with Crippen molar-refractivity contribution in [2.24, 2.45) is 0 Å². The van der Waals surface area contributed by atoms with Crippen LogP contribution in [0.15, 0.2) is 30.5 Å². The number of hydrogen-bond acceptors (Lipinski definition) is 1. The second-order valence-corrected chi connectivity index (χ2v) is 3.98. The van der Waals surface area contributed by atoms with Crippen LogP contribution in [0.5, 0.6) is 0 Å². The Morgan fingerprint density at radius 3 is 2.80 bits per heavy atom. The second-order valence-electron chi connectivity index (χ2n) is 3.28. The van der Waals surface area contributed by atoms with Gasteiger partial charge in [-0.25, -0.2) is 4.68 Å². The fourth-order valence-electron chi connectivity index (χ4n) is 1.44. The van der Waals surface area contributed by atoms with Gasteiger partial charge in [0.25, 0.3) is 0 Å². The van der Waals surface area contributed by atoms with Crippen molar-refractivity contribution >= 4 is 23.2 Å². The predicted molar refractivity (Wildman–Crippen MR) is 62.9 cm³/mol. The Labute approximate surface area is 98.4 Å². The van der Waals surface area contributed by atoms with Crippen LogP contribution in [-0.4, -0.2) is 9.78 Å². The molecule has 0 spiro atoms. The van der Waals surface area contributed by atoms with Crippen molar-refractivity contribution in [2.45, 2.75) is 12.8 Å². The molecule has 78 valence electrons. The van der Waals surface area contributed by atoms with E-state index in [1.54, 1.807) is 6.20 Å². The maximum atomic E-state index is 5.92. The first kappa shape index (κ1) is 10.5. The minimum Gasteiger partial charge on any atom is -0.238 e. The van der Waals surface area contributed by atoms with E-state index >= 15 is 0 Å². The third-order valence-corrected chi connectivity index (χ3v) is 2.83. The monoisotopic (exact) mass is 240 g/mol. The second kappa shape index (κ2) is 4.25. The summed E-state index contributed by atoms with van der Waals surface area (Å²) in [5, 5.41) is 4.98. The van der Waals surface area contributed by atoms with Crippen LogP contribution in [0.2, 0.25) is 5.02 Å². The maximum Gasteiger partial charge on any atom is 0.0663 e. The number of rotatable bonds is 2. The quantitative estimate of drug-likeness (QED) is 0.735. The van der Waals surface area contributed by atoms with Crippen molar-refractivity contribution in [3.63, 3.8) is 0 Å². The van der Waals surface area contributed by atoms with Gasteiger partial charge in [0.1, 0.15) is 0 Å². The fourth-order valence-corrected chi connectivity index (χ4v) is 1.89. The van der Waals surface area contributed by atoms with Crippen molar-refractivity contribution in [1.29, 1.82) is 0 Å². The third-order valence-electron chi connectivity index (χ3n) is 2.31. The molecule has 0 fully saturated rings. The number of nitrogens with zero attached hydrogens (tertiary/aromatic N) is 2. The highest BCUT2D eigenvalue weighted by molar-refractivity contribution is 6.30. The summed E-state index contributed by atoms with van der Waals surface area (Å²) in [4.78, 5) is 0. The lowest BCUT2D eigenvalue weighted by Gasteiger charge is -2.04. The Bertz CT molecular complexity index is 477. The van der Waals surface area contributed by atoms with Gasteiger partial charge in [0.15, 0.2) is 0 Å². The van der Waals surface area contributed by atoms with Gasteiger partial charge in [-0.15, -0.1) is 11.6 Å². The van der Waals surface area contributed by atoms with E-state index in [0.29, 0.717) is 10.9 Å². The molecule has 0 aliphatic carbocycles. The van der Waals surface area contributed by atoms with Crippen LogP contribution in [-0.2, 0) is 5.88 Å². The number of alkyl halides is 1. The molecule has 1 heterocycles. The molecular formula is C11H10Cl2N2. The molecule has 0 N–H and O–H groups in total. The Hall–Kier alpha value is -0.990. The molecule has 1 aromatic carbocycles. The number of benzene rings is 1.